The van der Waals surface area contributed by atoms with E-state index >= 15 is 0 Å². The van der Waals surface area contributed by atoms with Crippen LogP contribution in [-0.4, -0.2) is 32.7 Å². The molecular formula is C17H15ClN4OS2. The number of hydrogen-bond donors (Lipinski definition) is 0. The van der Waals surface area contributed by atoms with Crippen LogP contribution in [0.15, 0.2) is 46.8 Å². The monoisotopic (exact) mass is 390 g/mol. The number of amides is 1. The van der Waals surface area contributed by atoms with Crippen LogP contribution >= 0.6 is 34.7 Å². The first kappa shape index (κ1) is 17.8. The number of rotatable bonds is 4. The van der Waals surface area contributed by atoms with E-state index in [9.17, 15) is 4.79 Å². The lowest BCUT2D eigenvalue weighted by atomic mass is 10.1. The molecule has 0 atom stereocenters. The topological polar surface area (TPSA) is 58.5 Å². The average Bonchev–Trinajstić information content (AvgIpc) is 3.13. The zero-order valence-corrected chi connectivity index (χ0v) is 16.1. The van der Waals surface area contributed by atoms with E-state index < -0.39 is 0 Å². The summed E-state index contributed by atoms with van der Waals surface area (Å²) in [6.07, 6.45) is 1.68. The highest BCUT2D eigenvalue weighted by Gasteiger charge is 2.34. The molecule has 2 heterocycles. The van der Waals surface area contributed by atoms with Gasteiger partial charge in [-0.3, -0.25) is 9.69 Å². The summed E-state index contributed by atoms with van der Waals surface area (Å²) >= 11 is 8.67. The Hall–Kier alpha value is -1.96. The first-order valence-corrected chi connectivity index (χ1v) is 9.47. The molecule has 8 heteroatoms. The molecule has 5 nitrogen and oxygen atoms in total. The van der Waals surface area contributed by atoms with Gasteiger partial charge in [-0.25, -0.2) is 0 Å². The van der Waals surface area contributed by atoms with Crippen molar-refractivity contribution in [1.82, 2.24) is 15.1 Å². The van der Waals surface area contributed by atoms with Gasteiger partial charge < -0.3 is 0 Å². The van der Waals surface area contributed by atoms with Crippen LogP contribution in [0.25, 0.3) is 5.57 Å². The van der Waals surface area contributed by atoms with Crippen molar-refractivity contribution in [1.29, 1.82) is 0 Å². The van der Waals surface area contributed by atoms with E-state index in [-0.39, 0.29) is 5.91 Å². The molecule has 0 unspecified atom stereocenters. The second-order valence-electron chi connectivity index (χ2n) is 5.27. The number of nitrogens with zero attached hydrogens (tertiary/aromatic N) is 4. The van der Waals surface area contributed by atoms with Crippen LogP contribution in [0.4, 0.5) is 5.13 Å². The van der Waals surface area contributed by atoms with Gasteiger partial charge in [-0.1, -0.05) is 41.1 Å². The van der Waals surface area contributed by atoms with Crippen LogP contribution in [-0.2, 0) is 4.79 Å². The Labute approximate surface area is 159 Å². The zero-order chi connectivity index (χ0) is 18.0. The van der Waals surface area contributed by atoms with Crippen molar-refractivity contribution < 1.29 is 4.79 Å². The number of thioether (sulfide) groups is 1. The molecule has 1 aromatic carbocycles. The molecule has 0 spiro atoms. The maximum absolute atomic E-state index is 12.8. The molecule has 1 aliphatic rings. The molecule has 3 rings (SSSR count). The average molecular weight is 391 g/mol. The summed E-state index contributed by atoms with van der Waals surface area (Å²) in [5, 5.41) is 10.6. The molecule has 0 bridgehead atoms. The van der Waals surface area contributed by atoms with Crippen molar-refractivity contribution in [2.75, 3.05) is 6.54 Å². The second kappa shape index (κ2) is 7.51. The van der Waals surface area contributed by atoms with Gasteiger partial charge >= 0.3 is 0 Å². The third kappa shape index (κ3) is 3.84. The highest BCUT2D eigenvalue weighted by Crippen LogP contribution is 2.38. The minimum atomic E-state index is -0.0858. The third-order valence-corrected chi connectivity index (χ3v) is 5.66. The number of aryl methyl sites for hydroxylation is 1. The number of halogens is 1. The van der Waals surface area contributed by atoms with E-state index in [0.29, 0.717) is 26.8 Å². The Morgan fingerprint density at radius 3 is 2.68 bits per heavy atom. The third-order valence-electron chi connectivity index (χ3n) is 3.50. The Kier molecular flexibility index (Phi) is 5.36. The standard InChI is InChI=1S/C17H15ClN4OS2/c1-4-9-22-15(23)14(10(2)12-5-7-13(18)8-6-12)25-17(22)19-16-21-20-11(3)24-16/h4-8H,1,9H2,2-3H3/b14-10-,19-17+. The fourth-order valence-electron chi connectivity index (χ4n) is 2.25. The molecule has 0 radical (unpaired) electrons. The van der Waals surface area contributed by atoms with Crippen molar-refractivity contribution in [3.63, 3.8) is 0 Å². The van der Waals surface area contributed by atoms with Crippen LogP contribution in [0.2, 0.25) is 5.02 Å². The van der Waals surface area contributed by atoms with Crippen molar-refractivity contribution in [3.8, 4) is 0 Å². The predicted octanol–water partition coefficient (Wildman–Crippen LogP) is 4.68. The number of allylic oxidation sites excluding steroid dienone is 1. The maximum atomic E-state index is 12.8. The van der Waals surface area contributed by atoms with Crippen LogP contribution in [0.5, 0.6) is 0 Å². The SMILES string of the molecule is C=CCN1C(=O)/C(=C(\C)c2ccc(Cl)cc2)S/C1=N/c1nnc(C)s1. The number of hydrogen-bond acceptors (Lipinski definition) is 6. The van der Waals surface area contributed by atoms with E-state index in [1.54, 1.807) is 11.0 Å². The van der Waals surface area contributed by atoms with Gasteiger partial charge in [0.25, 0.3) is 5.91 Å². The van der Waals surface area contributed by atoms with Gasteiger partial charge in [-0.15, -0.1) is 16.8 Å². The summed E-state index contributed by atoms with van der Waals surface area (Å²) in [5.41, 5.74) is 1.84. The largest absolute Gasteiger partial charge is 0.282 e. The zero-order valence-electron chi connectivity index (χ0n) is 13.7. The predicted molar refractivity (Wildman–Crippen MR) is 105 cm³/mol. The fourth-order valence-corrected chi connectivity index (χ4v) is 4.05. The second-order valence-corrected chi connectivity index (χ2v) is 7.84. The van der Waals surface area contributed by atoms with Crippen molar-refractivity contribution >= 4 is 56.5 Å². The van der Waals surface area contributed by atoms with Crippen molar-refractivity contribution in [3.05, 3.63) is 57.4 Å². The quantitative estimate of drug-likeness (QED) is 0.561. The van der Waals surface area contributed by atoms with Crippen molar-refractivity contribution in [2.45, 2.75) is 13.8 Å². The number of carbonyl (C=O) groups excluding carboxylic acids is 1. The molecule has 0 saturated carbocycles. The van der Waals surface area contributed by atoms with Crippen LogP contribution in [0, 0.1) is 6.92 Å². The minimum absolute atomic E-state index is 0.0858. The summed E-state index contributed by atoms with van der Waals surface area (Å²) < 4.78 is 0. The highest BCUT2D eigenvalue weighted by atomic mass is 35.5. The first-order chi connectivity index (χ1) is 12.0. The van der Waals surface area contributed by atoms with Gasteiger partial charge in [-0.2, -0.15) is 4.99 Å². The number of benzene rings is 1. The van der Waals surface area contributed by atoms with Gasteiger partial charge in [0.2, 0.25) is 5.13 Å². The van der Waals surface area contributed by atoms with Crippen LogP contribution < -0.4 is 0 Å². The van der Waals surface area contributed by atoms with E-state index in [1.807, 2.05) is 38.1 Å². The lowest BCUT2D eigenvalue weighted by molar-refractivity contribution is -0.121. The van der Waals surface area contributed by atoms with Gasteiger partial charge in [-0.05, 0) is 48.9 Å². The van der Waals surface area contributed by atoms with Gasteiger partial charge in [0.05, 0.1) is 4.91 Å². The molecule has 2 aromatic rings. The summed E-state index contributed by atoms with van der Waals surface area (Å²) in [7, 11) is 0. The Balaban J connectivity index is 2.00. The molecular weight excluding hydrogens is 376 g/mol. The van der Waals surface area contributed by atoms with E-state index in [4.69, 9.17) is 11.6 Å². The van der Waals surface area contributed by atoms with E-state index in [0.717, 1.165) is 16.1 Å². The van der Waals surface area contributed by atoms with Gasteiger partial charge in [0.15, 0.2) is 5.17 Å². The maximum Gasteiger partial charge on any atom is 0.267 e. The Bertz CT molecular complexity index is 886. The van der Waals surface area contributed by atoms with Gasteiger partial charge in [0.1, 0.15) is 5.01 Å². The number of carbonyl (C=O) groups is 1. The van der Waals surface area contributed by atoms with Crippen molar-refractivity contribution in [2.24, 2.45) is 4.99 Å². The number of amidine groups is 1. The highest BCUT2D eigenvalue weighted by molar-refractivity contribution is 8.18. The van der Waals surface area contributed by atoms with Gasteiger partial charge in [0, 0.05) is 11.6 Å². The number of aromatic nitrogens is 2. The van der Waals surface area contributed by atoms with Crippen LogP contribution in [0.1, 0.15) is 17.5 Å². The normalized spacial score (nSPS) is 18.1. The smallest absolute Gasteiger partial charge is 0.267 e. The Morgan fingerprint density at radius 1 is 1.36 bits per heavy atom. The fraction of sp³-hybridized carbons (Fsp3) is 0.176. The molecule has 1 fully saturated rings. The summed E-state index contributed by atoms with van der Waals surface area (Å²) in [6, 6.07) is 7.43. The summed E-state index contributed by atoms with van der Waals surface area (Å²) in [4.78, 5) is 19.6. The summed E-state index contributed by atoms with van der Waals surface area (Å²) in [5.74, 6) is -0.0858. The van der Waals surface area contributed by atoms with Crippen LogP contribution in [0.3, 0.4) is 0 Å². The molecule has 1 aromatic heterocycles. The molecule has 128 valence electrons. The van der Waals surface area contributed by atoms with E-state index in [2.05, 4.69) is 21.8 Å². The molecule has 1 saturated heterocycles. The van der Waals surface area contributed by atoms with E-state index in [1.165, 1.54) is 23.1 Å². The molecule has 1 aliphatic heterocycles. The summed E-state index contributed by atoms with van der Waals surface area (Å²) in [6.45, 7) is 7.91. The molecule has 0 aliphatic carbocycles. The lowest BCUT2D eigenvalue weighted by Crippen LogP contribution is -2.29. The lowest BCUT2D eigenvalue weighted by Gasteiger charge is -2.12. The molecule has 0 N–H and O–H groups in total. The molecule has 25 heavy (non-hydrogen) atoms. The number of aliphatic imine (C=N–C) groups is 1. The Morgan fingerprint density at radius 2 is 2.08 bits per heavy atom. The minimum Gasteiger partial charge on any atom is -0.282 e. The molecule has 1 amide bonds. The first-order valence-electron chi connectivity index (χ1n) is 7.46.